The van der Waals surface area contributed by atoms with Crippen molar-refractivity contribution in [3.63, 3.8) is 0 Å². The van der Waals surface area contributed by atoms with Gasteiger partial charge in [-0.05, 0) is 42.5 Å². The smallest absolute Gasteiger partial charge is 0.308 e. The molecule has 0 fully saturated rings. The second kappa shape index (κ2) is 4.78. The van der Waals surface area contributed by atoms with E-state index in [1.165, 1.54) is 24.0 Å². The van der Waals surface area contributed by atoms with E-state index >= 15 is 0 Å². The summed E-state index contributed by atoms with van der Waals surface area (Å²) >= 11 is 0. The molecule has 0 amide bonds. The zero-order valence-electron chi connectivity index (χ0n) is 10.4. The monoisotopic (exact) mass is 233 g/mol. The number of carbonyl (C=O) groups is 1. The fourth-order valence-corrected chi connectivity index (χ4v) is 2.39. The summed E-state index contributed by atoms with van der Waals surface area (Å²) in [7, 11) is 1.95. The fourth-order valence-electron chi connectivity index (χ4n) is 2.39. The minimum Gasteiger partial charge on any atom is -0.481 e. The quantitative estimate of drug-likeness (QED) is 0.867. The predicted octanol–water partition coefficient (Wildman–Crippen LogP) is 2.33. The number of hydrogen-bond acceptors (Lipinski definition) is 2. The maximum atomic E-state index is 10.8. The highest BCUT2D eigenvalue weighted by Gasteiger charge is 2.16. The number of carboxylic acids is 1. The van der Waals surface area contributed by atoms with Gasteiger partial charge in [-0.1, -0.05) is 13.0 Å². The number of aryl methyl sites for hydroxylation is 2. The fraction of sp³-hybridized carbons (Fsp3) is 0.500. The van der Waals surface area contributed by atoms with Gasteiger partial charge in [0.25, 0.3) is 0 Å². The van der Waals surface area contributed by atoms with Gasteiger partial charge < -0.3 is 10.0 Å². The van der Waals surface area contributed by atoms with Crippen molar-refractivity contribution in [3.05, 3.63) is 29.3 Å². The molecule has 0 spiro atoms. The van der Waals surface area contributed by atoms with Gasteiger partial charge in [0.1, 0.15) is 0 Å². The SMILES string of the molecule is CC(CN(C)c1ccc2c(c1)CCC2)C(=O)O. The van der Waals surface area contributed by atoms with Gasteiger partial charge in [0.2, 0.25) is 0 Å². The summed E-state index contributed by atoms with van der Waals surface area (Å²) in [5, 5.41) is 8.91. The Kier molecular flexibility index (Phi) is 3.36. The molecule has 0 bridgehead atoms. The molecule has 3 heteroatoms. The average molecular weight is 233 g/mol. The second-order valence-electron chi connectivity index (χ2n) is 4.93. The first-order valence-electron chi connectivity index (χ1n) is 6.13. The molecule has 0 aliphatic heterocycles. The molecule has 1 aromatic rings. The van der Waals surface area contributed by atoms with Crippen LogP contribution in [-0.4, -0.2) is 24.7 Å². The first kappa shape index (κ1) is 12.0. The molecule has 0 radical (unpaired) electrons. The van der Waals surface area contributed by atoms with Crippen molar-refractivity contribution in [2.24, 2.45) is 5.92 Å². The Morgan fingerprint density at radius 2 is 2.12 bits per heavy atom. The van der Waals surface area contributed by atoms with E-state index in [0.29, 0.717) is 6.54 Å². The van der Waals surface area contributed by atoms with Gasteiger partial charge in [-0.2, -0.15) is 0 Å². The first-order valence-corrected chi connectivity index (χ1v) is 6.13. The number of fused-ring (bicyclic) bond motifs is 1. The molecule has 0 saturated heterocycles. The van der Waals surface area contributed by atoms with Gasteiger partial charge in [0.15, 0.2) is 0 Å². The van der Waals surface area contributed by atoms with E-state index in [1.807, 2.05) is 11.9 Å². The lowest BCUT2D eigenvalue weighted by molar-refractivity contribution is -0.140. The van der Waals surface area contributed by atoms with E-state index in [2.05, 4.69) is 18.2 Å². The van der Waals surface area contributed by atoms with Crippen molar-refractivity contribution < 1.29 is 9.90 Å². The van der Waals surface area contributed by atoms with Crippen molar-refractivity contribution >= 4 is 11.7 Å². The molecule has 0 saturated carbocycles. The molecule has 17 heavy (non-hydrogen) atoms. The summed E-state index contributed by atoms with van der Waals surface area (Å²) in [5.41, 5.74) is 4.00. The van der Waals surface area contributed by atoms with Crippen molar-refractivity contribution in [1.82, 2.24) is 0 Å². The van der Waals surface area contributed by atoms with Crippen molar-refractivity contribution in [2.45, 2.75) is 26.2 Å². The number of benzene rings is 1. The average Bonchev–Trinajstić information content (AvgIpc) is 2.75. The summed E-state index contributed by atoms with van der Waals surface area (Å²) in [5.74, 6) is -1.08. The molecule has 92 valence electrons. The van der Waals surface area contributed by atoms with Gasteiger partial charge in [-0.3, -0.25) is 4.79 Å². The highest BCUT2D eigenvalue weighted by molar-refractivity contribution is 5.70. The summed E-state index contributed by atoms with van der Waals surface area (Å²) in [6, 6.07) is 6.48. The molecular weight excluding hydrogens is 214 g/mol. The van der Waals surface area contributed by atoms with Crippen molar-refractivity contribution in [3.8, 4) is 0 Å². The standard InChI is InChI=1S/C14H19NO2/c1-10(14(16)17)9-15(2)13-7-6-11-4-3-5-12(11)8-13/h6-8,10H,3-5,9H2,1-2H3,(H,16,17). The Morgan fingerprint density at radius 3 is 2.82 bits per heavy atom. The number of carboxylic acid groups (broad SMARTS) is 1. The van der Waals surface area contributed by atoms with Crippen LogP contribution in [0.5, 0.6) is 0 Å². The molecule has 1 aliphatic carbocycles. The Balaban J connectivity index is 2.09. The lowest BCUT2D eigenvalue weighted by atomic mass is 10.1. The van der Waals surface area contributed by atoms with Crippen LogP contribution in [0.25, 0.3) is 0 Å². The predicted molar refractivity (Wildman–Crippen MR) is 68.5 cm³/mol. The Labute approximate surface area is 102 Å². The number of anilines is 1. The Bertz CT molecular complexity index is 428. The van der Waals surface area contributed by atoms with E-state index in [1.54, 1.807) is 6.92 Å². The van der Waals surface area contributed by atoms with Gasteiger partial charge in [-0.25, -0.2) is 0 Å². The number of rotatable bonds is 4. The minimum atomic E-state index is -0.738. The Morgan fingerprint density at radius 1 is 1.41 bits per heavy atom. The topological polar surface area (TPSA) is 40.5 Å². The number of aliphatic carboxylic acids is 1. The molecule has 1 unspecified atom stereocenters. The van der Waals surface area contributed by atoms with Crippen LogP contribution in [0.4, 0.5) is 5.69 Å². The molecule has 1 atom stereocenters. The molecule has 3 nitrogen and oxygen atoms in total. The van der Waals surface area contributed by atoms with Crippen LogP contribution in [0.15, 0.2) is 18.2 Å². The largest absolute Gasteiger partial charge is 0.481 e. The summed E-state index contributed by atoms with van der Waals surface area (Å²) < 4.78 is 0. The summed E-state index contributed by atoms with van der Waals surface area (Å²) in [6.45, 7) is 2.29. The maximum Gasteiger partial charge on any atom is 0.308 e. The Hall–Kier alpha value is -1.51. The van der Waals surface area contributed by atoms with Crippen LogP contribution in [0.2, 0.25) is 0 Å². The van der Waals surface area contributed by atoms with Crippen LogP contribution in [-0.2, 0) is 17.6 Å². The minimum absolute atomic E-state index is 0.340. The molecule has 1 N–H and O–H groups in total. The maximum absolute atomic E-state index is 10.8. The highest BCUT2D eigenvalue weighted by atomic mass is 16.4. The third kappa shape index (κ3) is 2.60. The van der Waals surface area contributed by atoms with Gasteiger partial charge in [0, 0.05) is 19.3 Å². The summed E-state index contributed by atoms with van der Waals surface area (Å²) in [4.78, 5) is 12.9. The zero-order chi connectivity index (χ0) is 12.4. The van der Waals surface area contributed by atoms with Crippen LogP contribution >= 0.6 is 0 Å². The lowest BCUT2D eigenvalue weighted by Crippen LogP contribution is -2.28. The normalized spacial score (nSPS) is 15.4. The molecule has 1 aliphatic rings. The lowest BCUT2D eigenvalue weighted by Gasteiger charge is -2.22. The number of nitrogens with zero attached hydrogens (tertiary/aromatic N) is 1. The number of hydrogen-bond donors (Lipinski definition) is 1. The third-order valence-corrected chi connectivity index (χ3v) is 3.49. The third-order valence-electron chi connectivity index (χ3n) is 3.49. The first-order chi connectivity index (χ1) is 8.08. The van der Waals surface area contributed by atoms with E-state index in [-0.39, 0.29) is 5.92 Å². The van der Waals surface area contributed by atoms with Crippen LogP contribution in [0, 0.1) is 5.92 Å². The van der Waals surface area contributed by atoms with Crippen molar-refractivity contribution in [1.29, 1.82) is 0 Å². The molecule has 2 rings (SSSR count). The second-order valence-corrected chi connectivity index (χ2v) is 4.93. The molecule has 0 heterocycles. The van der Waals surface area contributed by atoms with Crippen LogP contribution in [0.3, 0.4) is 0 Å². The van der Waals surface area contributed by atoms with E-state index in [4.69, 9.17) is 5.11 Å². The van der Waals surface area contributed by atoms with E-state index in [9.17, 15) is 4.79 Å². The van der Waals surface area contributed by atoms with Gasteiger partial charge in [0.05, 0.1) is 5.92 Å². The molecule has 1 aromatic carbocycles. The van der Waals surface area contributed by atoms with Gasteiger partial charge >= 0.3 is 5.97 Å². The molecular formula is C14H19NO2. The molecule has 0 aromatic heterocycles. The van der Waals surface area contributed by atoms with E-state index < -0.39 is 5.97 Å². The highest BCUT2D eigenvalue weighted by Crippen LogP contribution is 2.26. The van der Waals surface area contributed by atoms with Crippen molar-refractivity contribution in [2.75, 3.05) is 18.5 Å². The van der Waals surface area contributed by atoms with Gasteiger partial charge in [-0.15, -0.1) is 0 Å². The van der Waals surface area contributed by atoms with E-state index in [0.717, 1.165) is 12.1 Å². The van der Waals surface area contributed by atoms with Crippen LogP contribution < -0.4 is 4.90 Å². The summed E-state index contributed by atoms with van der Waals surface area (Å²) in [6.07, 6.45) is 3.59. The zero-order valence-corrected chi connectivity index (χ0v) is 10.4. The van der Waals surface area contributed by atoms with Crippen LogP contribution in [0.1, 0.15) is 24.5 Å².